The molecule has 3 rings (SSSR count). The first-order chi connectivity index (χ1) is 9.74. The van der Waals surface area contributed by atoms with Gasteiger partial charge in [-0.05, 0) is 36.2 Å². The molecule has 1 aliphatic heterocycles. The molecular formula is C16H14BrNOS. The zero-order valence-corrected chi connectivity index (χ0v) is 13.2. The van der Waals surface area contributed by atoms with E-state index in [0.29, 0.717) is 5.56 Å². The van der Waals surface area contributed by atoms with Crippen molar-refractivity contribution in [2.75, 3.05) is 5.75 Å². The molecule has 1 aliphatic rings. The van der Waals surface area contributed by atoms with Gasteiger partial charge in [-0.25, -0.2) is 0 Å². The van der Waals surface area contributed by atoms with E-state index >= 15 is 0 Å². The number of thioether (sulfide) groups is 1. The lowest BCUT2D eigenvalue weighted by atomic mass is 10.0. The molecule has 2 aromatic carbocycles. The zero-order valence-electron chi connectivity index (χ0n) is 10.8. The summed E-state index contributed by atoms with van der Waals surface area (Å²) >= 11 is 5.26. The fraction of sp³-hybridized carbons (Fsp3) is 0.188. The van der Waals surface area contributed by atoms with E-state index < -0.39 is 0 Å². The Balaban J connectivity index is 1.81. The minimum Gasteiger partial charge on any atom is -0.345 e. The molecule has 0 unspecified atom stereocenters. The van der Waals surface area contributed by atoms with Gasteiger partial charge in [-0.2, -0.15) is 0 Å². The standard InChI is InChI=1S/C16H14BrNOS/c17-12-5-3-4-11(10-12)16(19)18-14-8-9-20-15-7-2-1-6-13(14)15/h1-7,10,14H,8-9H2,(H,18,19)/t14-/m1/s1. The quantitative estimate of drug-likeness (QED) is 0.871. The third-order valence-electron chi connectivity index (χ3n) is 3.35. The summed E-state index contributed by atoms with van der Waals surface area (Å²) in [7, 11) is 0. The number of benzene rings is 2. The highest BCUT2D eigenvalue weighted by Gasteiger charge is 2.22. The van der Waals surface area contributed by atoms with Gasteiger partial charge >= 0.3 is 0 Å². The third-order valence-corrected chi connectivity index (χ3v) is 4.97. The van der Waals surface area contributed by atoms with Crippen LogP contribution in [0.25, 0.3) is 0 Å². The van der Waals surface area contributed by atoms with Crippen molar-refractivity contribution >= 4 is 33.6 Å². The first-order valence-electron chi connectivity index (χ1n) is 6.52. The molecule has 0 fully saturated rings. The van der Waals surface area contributed by atoms with Gasteiger partial charge in [-0.1, -0.05) is 40.2 Å². The maximum atomic E-state index is 12.3. The molecule has 2 nitrogen and oxygen atoms in total. The Hall–Kier alpha value is -1.26. The molecule has 0 bridgehead atoms. The van der Waals surface area contributed by atoms with Crippen molar-refractivity contribution in [1.82, 2.24) is 5.32 Å². The highest BCUT2D eigenvalue weighted by atomic mass is 79.9. The lowest BCUT2D eigenvalue weighted by Crippen LogP contribution is -2.30. The van der Waals surface area contributed by atoms with Crippen LogP contribution in [0.5, 0.6) is 0 Å². The molecule has 0 saturated carbocycles. The smallest absolute Gasteiger partial charge is 0.251 e. The maximum Gasteiger partial charge on any atom is 0.251 e. The van der Waals surface area contributed by atoms with Crippen molar-refractivity contribution in [2.45, 2.75) is 17.4 Å². The number of halogens is 1. The van der Waals surface area contributed by atoms with Crippen molar-refractivity contribution in [3.63, 3.8) is 0 Å². The number of nitrogens with one attached hydrogen (secondary N) is 1. The summed E-state index contributed by atoms with van der Waals surface area (Å²) in [6.45, 7) is 0. The zero-order chi connectivity index (χ0) is 13.9. The normalized spacial score (nSPS) is 17.4. The molecule has 1 atom stereocenters. The number of hydrogen-bond acceptors (Lipinski definition) is 2. The van der Waals surface area contributed by atoms with E-state index in [4.69, 9.17) is 0 Å². The first-order valence-corrected chi connectivity index (χ1v) is 8.30. The van der Waals surface area contributed by atoms with Gasteiger partial charge in [0.25, 0.3) is 5.91 Å². The molecule has 0 aliphatic carbocycles. The van der Waals surface area contributed by atoms with Gasteiger partial charge in [0.15, 0.2) is 0 Å². The van der Waals surface area contributed by atoms with Crippen LogP contribution in [0.4, 0.5) is 0 Å². The second kappa shape index (κ2) is 6.02. The summed E-state index contributed by atoms with van der Waals surface area (Å²) in [5.41, 5.74) is 1.92. The summed E-state index contributed by atoms with van der Waals surface area (Å²) in [4.78, 5) is 13.6. The first kappa shape index (κ1) is 13.7. The fourth-order valence-corrected chi connectivity index (χ4v) is 3.89. The average molecular weight is 348 g/mol. The number of carbonyl (C=O) groups is 1. The topological polar surface area (TPSA) is 29.1 Å². The number of hydrogen-bond donors (Lipinski definition) is 1. The molecule has 0 radical (unpaired) electrons. The number of fused-ring (bicyclic) bond motifs is 1. The predicted octanol–water partition coefficient (Wildman–Crippen LogP) is 4.42. The molecule has 0 saturated heterocycles. The van der Waals surface area contributed by atoms with Crippen LogP contribution in [0, 0.1) is 0 Å². The molecule has 2 aromatic rings. The van der Waals surface area contributed by atoms with Gasteiger partial charge in [0, 0.05) is 20.7 Å². The second-order valence-corrected chi connectivity index (χ2v) is 6.76. The average Bonchev–Trinajstić information content (AvgIpc) is 2.47. The van der Waals surface area contributed by atoms with Crippen LogP contribution in [0.2, 0.25) is 0 Å². The Labute approximate surface area is 131 Å². The number of amides is 1. The lowest BCUT2D eigenvalue weighted by molar-refractivity contribution is 0.0935. The van der Waals surface area contributed by atoms with Crippen molar-refractivity contribution in [2.24, 2.45) is 0 Å². The van der Waals surface area contributed by atoms with E-state index in [1.165, 1.54) is 10.5 Å². The van der Waals surface area contributed by atoms with E-state index in [1.54, 1.807) is 0 Å². The van der Waals surface area contributed by atoms with E-state index in [0.717, 1.165) is 16.6 Å². The molecule has 1 heterocycles. The van der Waals surface area contributed by atoms with Crippen LogP contribution >= 0.6 is 27.7 Å². The van der Waals surface area contributed by atoms with Crippen LogP contribution in [0.1, 0.15) is 28.4 Å². The van der Waals surface area contributed by atoms with E-state index in [1.807, 2.05) is 48.2 Å². The van der Waals surface area contributed by atoms with Crippen LogP contribution < -0.4 is 5.32 Å². The molecule has 0 aromatic heterocycles. The van der Waals surface area contributed by atoms with Crippen LogP contribution in [0.3, 0.4) is 0 Å². The minimum atomic E-state index is -0.0157. The molecule has 1 N–H and O–H groups in total. The Morgan fingerprint density at radius 3 is 2.90 bits per heavy atom. The molecule has 4 heteroatoms. The SMILES string of the molecule is O=C(N[C@@H]1CCSc2ccccc21)c1cccc(Br)c1. The monoisotopic (exact) mass is 347 g/mol. The van der Waals surface area contributed by atoms with Crippen LogP contribution in [-0.2, 0) is 0 Å². The Morgan fingerprint density at radius 1 is 1.20 bits per heavy atom. The van der Waals surface area contributed by atoms with E-state index in [-0.39, 0.29) is 11.9 Å². The van der Waals surface area contributed by atoms with E-state index in [9.17, 15) is 4.79 Å². The van der Waals surface area contributed by atoms with Crippen LogP contribution in [-0.4, -0.2) is 11.7 Å². The van der Waals surface area contributed by atoms with E-state index in [2.05, 4.69) is 33.4 Å². The number of rotatable bonds is 2. The molecule has 1 amide bonds. The lowest BCUT2D eigenvalue weighted by Gasteiger charge is -2.25. The highest BCUT2D eigenvalue weighted by molar-refractivity contribution is 9.10. The van der Waals surface area contributed by atoms with Gasteiger partial charge in [0.2, 0.25) is 0 Å². The Kier molecular flexibility index (Phi) is 4.13. The summed E-state index contributed by atoms with van der Waals surface area (Å²) in [6, 6.07) is 15.9. The minimum absolute atomic E-state index is 0.0157. The van der Waals surface area contributed by atoms with Gasteiger partial charge < -0.3 is 5.32 Å². The predicted molar refractivity (Wildman–Crippen MR) is 86.1 cm³/mol. The van der Waals surface area contributed by atoms with Crippen molar-refractivity contribution in [1.29, 1.82) is 0 Å². The van der Waals surface area contributed by atoms with Gasteiger partial charge in [-0.3, -0.25) is 4.79 Å². The Bertz CT molecular complexity index is 644. The molecule has 20 heavy (non-hydrogen) atoms. The Morgan fingerprint density at radius 2 is 2.05 bits per heavy atom. The largest absolute Gasteiger partial charge is 0.345 e. The molecule has 102 valence electrons. The van der Waals surface area contributed by atoms with Gasteiger partial charge in [0.05, 0.1) is 6.04 Å². The fourth-order valence-electron chi connectivity index (χ4n) is 2.36. The summed E-state index contributed by atoms with van der Waals surface area (Å²) in [5.74, 6) is 1.03. The van der Waals surface area contributed by atoms with Crippen molar-refractivity contribution < 1.29 is 4.79 Å². The van der Waals surface area contributed by atoms with Crippen molar-refractivity contribution in [3.8, 4) is 0 Å². The van der Waals surface area contributed by atoms with Crippen molar-refractivity contribution in [3.05, 3.63) is 64.1 Å². The third kappa shape index (κ3) is 2.91. The molecule has 0 spiro atoms. The maximum absolute atomic E-state index is 12.3. The molecular weight excluding hydrogens is 334 g/mol. The summed E-state index contributed by atoms with van der Waals surface area (Å²) in [6.07, 6.45) is 0.974. The number of carbonyl (C=O) groups excluding carboxylic acids is 1. The van der Waals surface area contributed by atoms with Gasteiger partial charge in [0.1, 0.15) is 0 Å². The van der Waals surface area contributed by atoms with Crippen LogP contribution in [0.15, 0.2) is 57.9 Å². The summed E-state index contributed by atoms with van der Waals surface area (Å²) < 4.78 is 0.921. The van der Waals surface area contributed by atoms with Gasteiger partial charge in [-0.15, -0.1) is 11.8 Å². The second-order valence-electron chi connectivity index (χ2n) is 4.71. The summed E-state index contributed by atoms with van der Waals surface area (Å²) in [5, 5.41) is 3.15. The highest BCUT2D eigenvalue weighted by Crippen LogP contribution is 2.35.